The van der Waals surface area contributed by atoms with E-state index in [1.807, 2.05) is 32.0 Å². The summed E-state index contributed by atoms with van der Waals surface area (Å²) in [6.07, 6.45) is 0. The molecule has 0 N–H and O–H groups in total. The van der Waals surface area contributed by atoms with E-state index in [0.29, 0.717) is 0 Å². The molecule has 0 aliphatic carbocycles. The molecule has 0 amide bonds. The SMILES string of the molecule is Cc1nc2ccc(-c3ccc(F)cc3)cc2nc1C. The number of hydrogen-bond donors (Lipinski definition) is 0. The molecule has 0 radical (unpaired) electrons. The first kappa shape index (κ1) is 11.8. The fourth-order valence-corrected chi connectivity index (χ4v) is 2.05. The molecule has 19 heavy (non-hydrogen) atoms. The van der Waals surface area contributed by atoms with E-state index in [-0.39, 0.29) is 5.82 Å². The molecule has 0 unspecified atom stereocenters. The lowest BCUT2D eigenvalue weighted by molar-refractivity contribution is 0.628. The summed E-state index contributed by atoms with van der Waals surface area (Å²) in [6, 6.07) is 12.4. The van der Waals surface area contributed by atoms with Gasteiger partial charge in [-0.3, -0.25) is 0 Å². The van der Waals surface area contributed by atoms with Gasteiger partial charge in [-0.1, -0.05) is 18.2 Å². The Labute approximate surface area is 111 Å². The summed E-state index contributed by atoms with van der Waals surface area (Å²) in [4.78, 5) is 9.04. The molecule has 0 spiro atoms. The summed E-state index contributed by atoms with van der Waals surface area (Å²) in [5, 5.41) is 0. The van der Waals surface area contributed by atoms with Gasteiger partial charge in [-0.05, 0) is 49.2 Å². The van der Waals surface area contributed by atoms with Crippen LogP contribution < -0.4 is 0 Å². The minimum Gasteiger partial charge on any atom is -0.250 e. The maximum Gasteiger partial charge on any atom is 0.123 e. The second-order valence-electron chi connectivity index (χ2n) is 4.60. The van der Waals surface area contributed by atoms with E-state index in [1.165, 1.54) is 12.1 Å². The highest BCUT2D eigenvalue weighted by Crippen LogP contribution is 2.23. The quantitative estimate of drug-likeness (QED) is 0.653. The molecule has 3 rings (SSSR count). The Hall–Kier alpha value is -2.29. The molecule has 0 atom stereocenters. The molecule has 0 aliphatic rings. The second-order valence-corrected chi connectivity index (χ2v) is 4.60. The molecule has 2 nitrogen and oxygen atoms in total. The van der Waals surface area contributed by atoms with Crippen molar-refractivity contribution in [3.8, 4) is 11.1 Å². The van der Waals surface area contributed by atoms with Crippen LogP contribution in [0.5, 0.6) is 0 Å². The fraction of sp³-hybridized carbons (Fsp3) is 0.125. The Morgan fingerprint density at radius 1 is 0.737 bits per heavy atom. The van der Waals surface area contributed by atoms with E-state index in [1.54, 1.807) is 12.1 Å². The number of fused-ring (bicyclic) bond motifs is 1. The lowest BCUT2D eigenvalue weighted by Gasteiger charge is -2.05. The summed E-state index contributed by atoms with van der Waals surface area (Å²) in [6.45, 7) is 3.90. The van der Waals surface area contributed by atoms with E-state index in [9.17, 15) is 4.39 Å². The smallest absolute Gasteiger partial charge is 0.123 e. The molecule has 0 aliphatic heterocycles. The number of aryl methyl sites for hydroxylation is 2. The third-order valence-electron chi connectivity index (χ3n) is 3.25. The van der Waals surface area contributed by atoms with Crippen molar-refractivity contribution in [1.29, 1.82) is 0 Å². The summed E-state index contributed by atoms with van der Waals surface area (Å²) < 4.78 is 12.9. The molecule has 1 aromatic heterocycles. The van der Waals surface area contributed by atoms with Crippen LogP contribution in [-0.4, -0.2) is 9.97 Å². The van der Waals surface area contributed by atoms with Gasteiger partial charge in [-0.2, -0.15) is 0 Å². The standard InChI is InChI=1S/C16H13FN2/c1-10-11(2)19-16-9-13(5-8-15(16)18-10)12-3-6-14(17)7-4-12/h3-9H,1-2H3. The van der Waals surface area contributed by atoms with Crippen LogP contribution in [0, 0.1) is 19.7 Å². The number of aromatic nitrogens is 2. The Kier molecular flexibility index (Phi) is 2.75. The molecule has 1 heterocycles. The van der Waals surface area contributed by atoms with E-state index < -0.39 is 0 Å². The monoisotopic (exact) mass is 252 g/mol. The molecule has 0 saturated heterocycles. The van der Waals surface area contributed by atoms with Crippen molar-refractivity contribution in [1.82, 2.24) is 9.97 Å². The zero-order valence-corrected chi connectivity index (χ0v) is 10.8. The van der Waals surface area contributed by atoms with Gasteiger partial charge >= 0.3 is 0 Å². The van der Waals surface area contributed by atoms with Gasteiger partial charge in [0.25, 0.3) is 0 Å². The van der Waals surface area contributed by atoms with E-state index >= 15 is 0 Å². The molecule has 0 bridgehead atoms. The lowest BCUT2D eigenvalue weighted by Crippen LogP contribution is -1.93. The Morgan fingerprint density at radius 2 is 1.32 bits per heavy atom. The minimum atomic E-state index is -0.226. The molecule has 3 aromatic rings. The largest absolute Gasteiger partial charge is 0.250 e. The average molecular weight is 252 g/mol. The average Bonchev–Trinajstić information content (AvgIpc) is 2.40. The number of halogens is 1. The van der Waals surface area contributed by atoms with E-state index in [4.69, 9.17) is 0 Å². The molecule has 94 valence electrons. The number of nitrogens with zero attached hydrogens (tertiary/aromatic N) is 2. The van der Waals surface area contributed by atoms with Gasteiger partial charge in [0, 0.05) is 0 Å². The van der Waals surface area contributed by atoms with Crippen LogP contribution in [0.1, 0.15) is 11.4 Å². The first-order valence-corrected chi connectivity index (χ1v) is 6.14. The van der Waals surface area contributed by atoms with Crippen molar-refractivity contribution < 1.29 is 4.39 Å². The van der Waals surface area contributed by atoms with Crippen LogP contribution in [0.2, 0.25) is 0 Å². The molecular weight excluding hydrogens is 239 g/mol. The highest BCUT2D eigenvalue weighted by atomic mass is 19.1. The molecule has 3 heteroatoms. The summed E-state index contributed by atoms with van der Waals surface area (Å²) >= 11 is 0. The van der Waals surface area contributed by atoms with Crippen LogP contribution in [0.25, 0.3) is 22.2 Å². The van der Waals surface area contributed by atoms with Gasteiger partial charge in [-0.25, -0.2) is 14.4 Å². The zero-order valence-electron chi connectivity index (χ0n) is 10.8. The number of benzene rings is 2. The van der Waals surface area contributed by atoms with E-state index in [2.05, 4.69) is 9.97 Å². The maximum atomic E-state index is 12.9. The van der Waals surface area contributed by atoms with Crippen LogP contribution in [0.3, 0.4) is 0 Å². The van der Waals surface area contributed by atoms with E-state index in [0.717, 1.165) is 33.5 Å². The second kappa shape index (κ2) is 4.43. The summed E-state index contributed by atoms with van der Waals surface area (Å²) in [5.41, 5.74) is 5.62. The highest BCUT2D eigenvalue weighted by molar-refractivity contribution is 5.81. The first-order chi connectivity index (χ1) is 9.13. The van der Waals surface area contributed by atoms with Crippen molar-refractivity contribution in [3.63, 3.8) is 0 Å². The van der Waals surface area contributed by atoms with Gasteiger partial charge in [0.15, 0.2) is 0 Å². The maximum absolute atomic E-state index is 12.9. The van der Waals surface area contributed by atoms with Crippen LogP contribution in [0.15, 0.2) is 42.5 Å². The highest BCUT2D eigenvalue weighted by Gasteiger charge is 2.04. The predicted octanol–water partition coefficient (Wildman–Crippen LogP) is 4.05. The van der Waals surface area contributed by atoms with Crippen molar-refractivity contribution in [2.75, 3.05) is 0 Å². The normalized spacial score (nSPS) is 10.9. The summed E-state index contributed by atoms with van der Waals surface area (Å²) in [7, 11) is 0. The van der Waals surface area contributed by atoms with Crippen LogP contribution in [-0.2, 0) is 0 Å². The predicted molar refractivity (Wildman–Crippen MR) is 74.4 cm³/mol. The van der Waals surface area contributed by atoms with Crippen molar-refractivity contribution >= 4 is 11.0 Å². The van der Waals surface area contributed by atoms with Gasteiger partial charge in [0.2, 0.25) is 0 Å². The Bertz CT molecular complexity index is 749. The van der Waals surface area contributed by atoms with Gasteiger partial charge in [0.05, 0.1) is 22.4 Å². The molecule has 0 saturated carbocycles. The number of rotatable bonds is 1. The van der Waals surface area contributed by atoms with Crippen molar-refractivity contribution in [2.45, 2.75) is 13.8 Å². The van der Waals surface area contributed by atoms with Gasteiger partial charge in [-0.15, -0.1) is 0 Å². The lowest BCUT2D eigenvalue weighted by atomic mass is 10.0. The minimum absolute atomic E-state index is 0.226. The van der Waals surface area contributed by atoms with Crippen LogP contribution in [0.4, 0.5) is 4.39 Å². The van der Waals surface area contributed by atoms with Gasteiger partial charge in [0.1, 0.15) is 5.82 Å². The topological polar surface area (TPSA) is 25.8 Å². The van der Waals surface area contributed by atoms with Crippen molar-refractivity contribution in [2.24, 2.45) is 0 Å². The van der Waals surface area contributed by atoms with Gasteiger partial charge < -0.3 is 0 Å². The Morgan fingerprint density at radius 3 is 2.00 bits per heavy atom. The molecule has 2 aromatic carbocycles. The fourth-order valence-electron chi connectivity index (χ4n) is 2.05. The third kappa shape index (κ3) is 2.19. The molecular formula is C16H13FN2. The summed E-state index contributed by atoms with van der Waals surface area (Å²) in [5.74, 6) is -0.226. The van der Waals surface area contributed by atoms with Crippen LogP contribution >= 0.6 is 0 Å². The Balaban J connectivity index is 2.16. The zero-order chi connectivity index (χ0) is 13.4. The third-order valence-corrected chi connectivity index (χ3v) is 3.25. The number of hydrogen-bond acceptors (Lipinski definition) is 2. The molecule has 0 fully saturated rings. The van der Waals surface area contributed by atoms with Crippen molar-refractivity contribution in [3.05, 3.63) is 59.7 Å². The first-order valence-electron chi connectivity index (χ1n) is 6.14.